The molecule has 8 heteroatoms. The van der Waals surface area contributed by atoms with Gasteiger partial charge in [0.1, 0.15) is 0 Å². The molecule has 2 aliphatic heterocycles. The van der Waals surface area contributed by atoms with Gasteiger partial charge in [-0.3, -0.25) is 4.79 Å². The molecule has 1 aromatic rings. The van der Waals surface area contributed by atoms with Crippen molar-refractivity contribution in [3.05, 3.63) is 29.3 Å². The molecule has 2 heterocycles. The molecule has 1 spiro atoms. The van der Waals surface area contributed by atoms with Gasteiger partial charge in [-0.25, -0.2) is 13.1 Å². The van der Waals surface area contributed by atoms with Gasteiger partial charge in [-0.05, 0) is 37.1 Å². The van der Waals surface area contributed by atoms with Gasteiger partial charge in [0.05, 0.1) is 11.5 Å². The molecule has 3 rings (SSSR count). The van der Waals surface area contributed by atoms with Crippen molar-refractivity contribution in [1.29, 1.82) is 0 Å². The molecule has 1 aromatic carbocycles. The van der Waals surface area contributed by atoms with Gasteiger partial charge in [-0.15, -0.1) is 0 Å². The number of nitrogens with one attached hydrogen (secondary N) is 1. The van der Waals surface area contributed by atoms with E-state index in [1.165, 1.54) is 24.3 Å². The van der Waals surface area contributed by atoms with E-state index in [0.29, 0.717) is 31.1 Å². The summed E-state index contributed by atoms with van der Waals surface area (Å²) in [6, 6.07) is 5.99. The second kappa shape index (κ2) is 7.00. The van der Waals surface area contributed by atoms with E-state index in [4.69, 9.17) is 16.3 Å². The highest BCUT2D eigenvalue weighted by Gasteiger charge is 2.41. The van der Waals surface area contributed by atoms with Gasteiger partial charge < -0.3 is 9.64 Å². The molecule has 0 bridgehead atoms. The van der Waals surface area contributed by atoms with Crippen molar-refractivity contribution in [2.75, 3.05) is 32.8 Å². The molecule has 0 aromatic heterocycles. The van der Waals surface area contributed by atoms with Gasteiger partial charge in [-0.1, -0.05) is 11.6 Å². The van der Waals surface area contributed by atoms with Crippen LogP contribution in [0.5, 0.6) is 0 Å². The summed E-state index contributed by atoms with van der Waals surface area (Å²) >= 11 is 5.77. The average Bonchev–Trinajstić information content (AvgIpc) is 2.99. The SMILES string of the molecule is O=C1CC[C@]2(CCOC2)CN1CCNS(=O)(=O)c1ccc(Cl)cc1. The smallest absolute Gasteiger partial charge is 0.240 e. The zero-order chi connectivity index (χ0) is 17.2. The van der Waals surface area contributed by atoms with E-state index in [-0.39, 0.29) is 22.8 Å². The lowest BCUT2D eigenvalue weighted by atomic mass is 9.79. The van der Waals surface area contributed by atoms with Crippen molar-refractivity contribution in [2.24, 2.45) is 5.41 Å². The topological polar surface area (TPSA) is 75.7 Å². The van der Waals surface area contributed by atoms with E-state index in [2.05, 4.69) is 4.72 Å². The first-order valence-corrected chi connectivity index (χ1v) is 9.87. The number of halogens is 1. The van der Waals surface area contributed by atoms with Gasteiger partial charge in [0.25, 0.3) is 0 Å². The molecular weight excluding hydrogens is 352 g/mol. The first-order valence-electron chi connectivity index (χ1n) is 8.01. The maximum Gasteiger partial charge on any atom is 0.240 e. The second-order valence-corrected chi connectivity index (χ2v) is 8.67. The lowest BCUT2D eigenvalue weighted by Crippen LogP contribution is -2.49. The van der Waals surface area contributed by atoms with Crippen LogP contribution in [0.15, 0.2) is 29.2 Å². The number of likely N-dealkylation sites (tertiary alicyclic amines) is 1. The third-order valence-corrected chi connectivity index (χ3v) is 6.46. The van der Waals surface area contributed by atoms with Crippen molar-refractivity contribution in [3.63, 3.8) is 0 Å². The fraction of sp³-hybridized carbons (Fsp3) is 0.562. The predicted octanol–water partition coefficient (Wildman–Crippen LogP) is 1.65. The van der Waals surface area contributed by atoms with Crippen molar-refractivity contribution in [2.45, 2.75) is 24.2 Å². The predicted molar refractivity (Wildman–Crippen MR) is 90.3 cm³/mol. The van der Waals surface area contributed by atoms with Crippen molar-refractivity contribution < 1.29 is 17.9 Å². The normalized spacial score (nSPS) is 24.7. The Hall–Kier alpha value is -1.15. The third kappa shape index (κ3) is 3.91. The number of piperidine rings is 1. The number of ether oxygens (including phenoxy) is 1. The highest BCUT2D eigenvalue weighted by molar-refractivity contribution is 7.89. The maximum absolute atomic E-state index is 12.2. The van der Waals surface area contributed by atoms with Crippen LogP contribution in [-0.2, 0) is 19.6 Å². The summed E-state index contributed by atoms with van der Waals surface area (Å²) in [7, 11) is -3.59. The summed E-state index contributed by atoms with van der Waals surface area (Å²) in [5.41, 5.74) is 0.0585. The van der Waals surface area contributed by atoms with Gasteiger partial charge in [0, 0.05) is 43.1 Å². The Labute approximate surface area is 147 Å². The molecule has 24 heavy (non-hydrogen) atoms. The number of hydrogen-bond acceptors (Lipinski definition) is 4. The van der Waals surface area contributed by atoms with Gasteiger partial charge in [0.15, 0.2) is 0 Å². The van der Waals surface area contributed by atoms with E-state index >= 15 is 0 Å². The summed E-state index contributed by atoms with van der Waals surface area (Å²) in [5.74, 6) is 0.0817. The molecule has 1 atom stereocenters. The Balaban J connectivity index is 1.57. The highest BCUT2D eigenvalue weighted by atomic mass is 35.5. The Morgan fingerprint density at radius 1 is 1.25 bits per heavy atom. The number of amides is 1. The zero-order valence-electron chi connectivity index (χ0n) is 13.3. The van der Waals surface area contributed by atoms with Crippen LogP contribution in [0, 0.1) is 5.41 Å². The number of benzene rings is 1. The minimum absolute atomic E-state index is 0.0585. The first kappa shape index (κ1) is 17.7. The van der Waals surface area contributed by atoms with Crippen molar-refractivity contribution in [3.8, 4) is 0 Å². The molecule has 2 fully saturated rings. The van der Waals surface area contributed by atoms with Crippen molar-refractivity contribution >= 4 is 27.5 Å². The Kier molecular flexibility index (Phi) is 5.15. The standard InChI is InChI=1S/C16H21ClN2O4S/c17-13-1-3-14(4-2-13)24(21,22)18-8-9-19-11-16(6-5-15(19)20)7-10-23-12-16/h1-4,18H,5-12H2/t16-/m0/s1. The highest BCUT2D eigenvalue weighted by Crippen LogP contribution is 2.37. The summed E-state index contributed by atoms with van der Waals surface area (Å²) in [6.07, 6.45) is 2.33. The van der Waals surface area contributed by atoms with E-state index in [1.54, 1.807) is 4.90 Å². The number of rotatable bonds is 5. The van der Waals surface area contributed by atoms with Crippen LogP contribution in [0.4, 0.5) is 0 Å². The fourth-order valence-electron chi connectivity index (χ4n) is 3.29. The van der Waals surface area contributed by atoms with Crippen LogP contribution < -0.4 is 4.72 Å². The molecular formula is C16H21ClN2O4S. The average molecular weight is 373 g/mol. The molecule has 2 aliphatic rings. The van der Waals surface area contributed by atoms with Gasteiger partial charge in [-0.2, -0.15) is 0 Å². The van der Waals surface area contributed by atoms with Crippen LogP contribution in [0.1, 0.15) is 19.3 Å². The molecule has 1 N–H and O–H groups in total. The summed E-state index contributed by atoms with van der Waals surface area (Å²) in [5, 5.41) is 0.483. The number of carbonyl (C=O) groups excluding carboxylic acids is 1. The number of nitrogens with zero attached hydrogens (tertiary/aromatic N) is 1. The summed E-state index contributed by atoms with van der Waals surface area (Å²) in [6.45, 7) is 2.63. The van der Waals surface area contributed by atoms with Crippen LogP contribution >= 0.6 is 11.6 Å². The van der Waals surface area contributed by atoms with E-state index < -0.39 is 10.0 Å². The second-order valence-electron chi connectivity index (χ2n) is 6.47. The van der Waals surface area contributed by atoms with E-state index in [0.717, 1.165) is 19.4 Å². The Morgan fingerprint density at radius 3 is 2.67 bits per heavy atom. The number of hydrogen-bond donors (Lipinski definition) is 1. The maximum atomic E-state index is 12.2. The molecule has 0 unspecified atom stereocenters. The molecule has 6 nitrogen and oxygen atoms in total. The van der Waals surface area contributed by atoms with Gasteiger partial charge >= 0.3 is 0 Å². The molecule has 132 valence electrons. The summed E-state index contributed by atoms with van der Waals surface area (Å²) < 4.78 is 32.5. The number of carbonyl (C=O) groups is 1. The number of sulfonamides is 1. The minimum Gasteiger partial charge on any atom is -0.381 e. The van der Waals surface area contributed by atoms with E-state index in [1.807, 2.05) is 0 Å². The fourth-order valence-corrected chi connectivity index (χ4v) is 4.44. The largest absolute Gasteiger partial charge is 0.381 e. The molecule has 1 amide bonds. The molecule has 0 radical (unpaired) electrons. The Bertz CT molecular complexity index is 699. The van der Waals surface area contributed by atoms with Gasteiger partial charge in [0.2, 0.25) is 15.9 Å². The minimum atomic E-state index is -3.59. The van der Waals surface area contributed by atoms with Crippen molar-refractivity contribution in [1.82, 2.24) is 9.62 Å². The quantitative estimate of drug-likeness (QED) is 0.852. The molecule has 2 saturated heterocycles. The lowest BCUT2D eigenvalue weighted by Gasteiger charge is -2.39. The summed E-state index contributed by atoms with van der Waals surface area (Å²) in [4.78, 5) is 14.0. The van der Waals surface area contributed by atoms with Crippen LogP contribution in [0.3, 0.4) is 0 Å². The lowest BCUT2D eigenvalue weighted by molar-refractivity contribution is -0.137. The van der Waals surface area contributed by atoms with Crippen LogP contribution in [-0.4, -0.2) is 52.1 Å². The van der Waals surface area contributed by atoms with Crippen LogP contribution in [0.2, 0.25) is 5.02 Å². The zero-order valence-corrected chi connectivity index (χ0v) is 14.9. The first-order chi connectivity index (χ1) is 11.4. The monoisotopic (exact) mass is 372 g/mol. The molecule has 0 aliphatic carbocycles. The van der Waals surface area contributed by atoms with Crippen LogP contribution in [0.25, 0.3) is 0 Å². The Morgan fingerprint density at radius 2 is 2.00 bits per heavy atom. The third-order valence-electron chi connectivity index (χ3n) is 4.73. The molecule has 0 saturated carbocycles. The van der Waals surface area contributed by atoms with E-state index in [9.17, 15) is 13.2 Å².